The lowest BCUT2D eigenvalue weighted by molar-refractivity contribution is 0.788. The molecule has 1 atom stereocenters. The molecule has 25 heavy (non-hydrogen) atoms. The van der Waals surface area contributed by atoms with Crippen LogP contribution in [0.2, 0.25) is 5.02 Å². The maximum absolute atomic E-state index is 9.57. The minimum atomic E-state index is 0.205. The van der Waals surface area contributed by atoms with Crippen LogP contribution in [0.4, 0.5) is 5.82 Å². The third-order valence-electron chi connectivity index (χ3n) is 4.91. The number of benzene rings is 2. The molecule has 0 amide bonds. The summed E-state index contributed by atoms with van der Waals surface area (Å²) in [4.78, 5) is 4.23. The molecule has 2 N–H and O–H groups in total. The SMILES string of the molecule is Cc1cc(C2Cc3cnc(N)c(C#N)c3-c3ccccc32)ccc1Cl. The highest BCUT2D eigenvalue weighted by molar-refractivity contribution is 6.31. The van der Waals surface area contributed by atoms with E-state index in [9.17, 15) is 5.26 Å². The van der Waals surface area contributed by atoms with Crippen LogP contribution in [0.25, 0.3) is 11.1 Å². The number of pyridine rings is 1. The van der Waals surface area contributed by atoms with Crippen molar-refractivity contribution in [3.05, 3.63) is 81.5 Å². The van der Waals surface area contributed by atoms with Crippen molar-refractivity contribution in [2.45, 2.75) is 19.3 Å². The molecule has 122 valence electrons. The number of nitriles is 1. The first kappa shape index (κ1) is 15.7. The third-order valence-corrected chi connectivity index (χ3v) is 5.34. The number of aromatic nitrogens is 1. The van der Waals surface area contributed by atoms with E-state index in [0.717, 1.165) is 33.7 Å². The van der Waals surface area contributed by atoms with Crippen LogP contribution in [-0.2, 0) is 6.42 Å². The van der Waals surface area contributed by atoms with Crippen molar-refractivity contribution in [3.63, 3.8) is 0 Å². The molecule has 3 nitrogen and oxygen atoms in total. The highest BCUT2D eigenvalue weighted by atomic mass is 35.5. The summed E-state index contributed by atoms with van der Waals surface area (Å²) in [5.74, 6) is 0.494. The summed E-state index contributed by atoms with van der Waals surface area (Å²) in [5, 5.41) is 10.3. The predicted octanol–water partition coefficient (Wildman–Crippen LogP) is 4.85. The quantitative estimate of drug-likeness (QED) is 0.685. The standard InChI is InChI=1S/C21H16ClN3/c1-12-8-13(6-7-19(12)22)17-9-14-11-25-21(24)18(10-23)20(14)16-5-3-2-4-15(16)17/h2-8,11,17H,9H2,1H3,(H2,24,25). The Morgan fingerprint density at radius 1 is 1.24 bits per heavy atom. The Balaban J connectivity index is 1.96. The van der Waals surface area contributed by atoms with Crippen LogP contribution in [-0.4, -0.2) is 4.98 Å². The molecule has 0 bridgehead atoms. The van der Waals surface area contributed by atoms with Crippen LogP contribution in [0.3, 0.4) is 0 Å². The molecule has 1 unspecified atom stereocenters. The number of rotatable bonds is 1. The van der Waals surface area contributed by atoms with Gasteiger partial charge in [-0.2, -0.15) is 5.26 Å². The zero-order valence-electron chi connectivity index (χ0n) is 13.8. The average Bonchev–Trinajstić information content (AvgIpc) is 2.63. The zero-order valence-corrected chi connectivity index (χ0v) is 14.5. The lowest BCUT2D eigenvalue weighted by Crippen LogP contribution is -2.15. The smallest absolute Gasteiger partial charge is 0.141 e. The number of halogens is 1. The Morgan fingerprint density at radius 2 is 2.04 bits per heavy atom. The van der Waals surface area contributed by atoms with E-state index in [1.807, 2.05) is 25.1 Å². The van der Waals surface area contributed by atoms with Crippen LogP contribution in [0, 0.1) is 18.3 Å². The first-order chi connectivity index (χ1) is 12.1. The number of nitrogens with two attached hydrogens (primary N) is 1. The fraction of sp³-hybridized carbons (Fsp3) is 0.143. The van der Waals surface area contributed by atoms with Crippen LogP contribution in [0.5, 0.6) is 0 Å². The van der Waals surface area contributed by atoms with Gasteiger partial charge >= 0.3 is 0 Å². The van der Waals surface area contributed by atoms with Gasteiger partial charge in [0.15, 0.2) is 0 Å². The van der Waals surface area contributed by atoms with E-state index in [4.69, 9.17) is 17.3 Å². The molecular weight excluding hydrogens is 330 g/mol. The summed E-state index contributed by atoms with van der Waals surface area (Å²) in [6.07, 6.45) is 2.59. The fourth-order valence-electron chi connectivity index (χ4n) is 3.68. The van der Waals surface area contributed by atoms with Gasteiger partial charge in [0.2, 0.25) is 0 Å². The van der Waals surface area contributed by atoms with Crippen molar-refractivity contribution >= 4 is 17.4 Å². The topological polar surface area (TPSA) is 62.7 Å². The molecule has 0 saturated heterocycles. The molecule has 0 saturated carbocycles. The van der Waals surface area contributed by atoms with Gasteiger partial charge in [0.25, 0.3) is 0 Å². The van der Waals surface area contributed by atoms with Gasteiger partial charge in [0.05, 0.1) is 0 Å². The van der Waals surface area contributed by atoms with E-state index in [1.165, 1.54) is 11.1 Å². The lowest BCUT2D eigenvalue weighted by atomic mass is 9.75. The molecule has 1 aliphatic rings. The van der Waals surface area contributed by atoms with Crippen molar-refractivity contribution < 1.29 is 0 Å². The highest BCUT2D eigenvalue weighted by Gasteiger charge is 2.29. The normalized spacial score (nSPS) is 15.2. The first-order valence-electron chi connectivity index (χ1n) is 8.13. The minimum absolute atomic E-state index is 0.205. The molecule has 0 spiro atoms. The van der Waals surface area contributed by atoms with Crippen LogP contribution in [0.1, 0.15) is 33.7 Å². The van der Waals surface area contributed by atoms with Gasteiger partial charge < -0.3 is 5.73 Å². The van der Waals surface area contributed by atoms with E-state index < -0.39 is 0 Å². The Morgan fingerprint density at radius 3 is 2.80 bits per heavy atom. The number of nitrogens with zero attached hydrogens (tertiary/aromatic N) is 2. The van der Waals surface area contributed by atoms with Gasteiger partial charge in [-0.25, -0.2) is 4.98 Å². The number of aryl methyl sites for hydroxylation is 1. The summed E-state index contributed by atoms with van der Waals surface area (Å²) in [5.41, 5.74) is 12.9. The molecule has 2 aromatic carbocycles. The third kappa shape index (κ3) is 2.47. The molecule has 4 rings (SSSR count). The Kier molecular flexibility index (Phi) is 3.71. The number of nitrogen functional groups attached to an aromatic ring is 1. The van der Waals surface area contributed by atoms with E-state index in [-0.39, 0.29) is 11.7 Å². The minimum Gasteiger partial charge on any atom is -0.383 e. The predicted molar refractivity (Wildman–Crippen MR) is 101 cm³/mol. The number of hydrogen-bond donors (Lipinski definition) is 1. The second kappa shape index (κ2) is 5.91. The Hall–Kier alpha value is -2.83. The van der Waals surface area contributed by atoms with Gasteiger partial charge in [0.1, 0.15) is 17.5 Å². The summed E-state index contributed by atoms with van der Waals surface area (Å²) < 4.78 is 0. The fourth-order valence-corrected chi connectivity index (χ4v) is 3.80. The monoisotopic (exact) mass is 345 g/mol. The van der Waals surface area contributed by atoms with Crippen LogP contribution in [0.15, 0.2) is 48.7 Å². The van der Waals surface area contributed by atoms with E-state index in [2.05, 4.69) is 35.3 Å². The van der Waals surface area contributed by atoms with Gasteiger partial charge in [-0.1, -0.05) is 48.0 Å². The van der Waals surface area contributed by atoms with Gasteiger partial charge in [-0.15, -0.1) is 0 Å². The van der Waals surface area contributed by atoms with E-state index in [0.29, 0.717) is 5.56 Å². The molecule has 1 heterocycles. The van der Waals surface area contributed by atoms with Crippen molar-refractivity contribution in [1.82, 2.24) is 4.98 Å². The summed E-state index contributed by atoms with van der Waals surface area (Å²) in [7, 11) is 0. The molecule has 0 radical (unpaired) electrons. The second-order valence-corrected chi connectivity index (χ2v) is 6.79. The summed E-state index contributed by atoms with van der Waals surface area (Å²) in [6.45, 7) is 2.02. The van der Waals surface area contributed by atoms with Gasteiger partial charge in [-0.3, -0.25) is 0 Å². The van der Waals surface area contributed by atoms with Crippen molar-refractivity contribution in [3.8, 4) is 17.2 Å². The van der Waals surface area contributed by atoms with Crippen molar-refractivity contribution in [2.24, 2.45) is 0 Å². The molecule has 4 heteroatoms. The van der Waals surface area contributed by atoms with Crippen LogP contribution < -0.4 is 5.73 Å². The number of fused-ring (bicyclic) bond motifs is 3. The molecule has 1 aliphatic carbocycles. The molecule has 3 aromatic rings. The number of anilines is 1. The zero-order chi connectivity index (χ0) is 17.6. The first-order valence-corrected chi connectivity index (χ1v) is 8.50. The number of hydrogen-bond acceptors (Lipinski definition) is 3. The summed E-state index contributed by atoms with van der Waals surface area (Å²) >= 11 is 6.20. The molecule has 0 fully saturated rings. The van der Waals surface area contributed by atoms with Gasteiger partial charge in [0, 0.05) is 22.7 Å². The molecule has 0 aliphatic heterocycles. The van der Waals surface area contributed by atoms with Crippen LogP contribution >= 0.6 is 11.6 Å². The Labute approximate surface area is 151 Å². The Bertz CT molecular complexity index is 1030. The highest BCUT2D eigenvalue weighted by Crippen LogP contribution is 2.44. The maximum Gasteiger partial charge on any atom is 0.141 e. The van der Waals surface area contributed by atoms with Crippen molar-refractivity contribution in [1.29, 1.82) is 5.26 Å². The van der Waals surface area contributed by atoms with E-state index >= 15 is 0 Å². The summed E-state index contributed by atoms with van der Waals surface area (Å²) in [6, 6.07) is 16.6. The largest absolute Gasteiger partial charge is 0.383 e. The second-order valence-electron chi connectivity index (χ2n) is 6.38. The average molecular weight is 346 g/mol. The lowest BCUT2D eigenvalue weighted by Gasteiger charge is -2.29. The molecule has 1 aromatic heterocycles. The molecular formula is C21H16ClN3. The van der Waals surface area contributed by atoms with E-state index in [1.54, 1.807) is 6.20 Å². The van der Waals surface area contributed by atoms with Gasteiger partial charge in [-0.05, 0) is 47.2 Å². The van der Waals surface area contributed by atoms with Crippen molar-refractivity contribution in [2.75, 3.05) is 5.73 Å². The maximum atomic E-state index is 9.57.